The Morgan fingerprint density at radius 1 is 1.09 bits per heavy atom. The van der Waals surface area contributed by atoms with Crippen LogP contribution in [0.4, 0.5) is 0 Å². The number of carbonyl (C=O) groups excluding carboxylic acids is 1. The molecule has 3 aromatic rings. The van der Waals surface area contributed by atoms with Gasteiger partial charge in [0.25, 0.3) is 5.91 Å². The maximum atomic E-state index is 12.4. The summed E-state index contributed by atoms with van der Waals surface area (Å²) in [6.07, 6.45) is 0. The molecule has 5 nitrogen and oxygen atoms in total. The standard InChI is InChI=1S/C18H16N2O3/c21-18(14-5-3-7-16-17(14)23-9-8-22-16)19-11-13-10-12-4-1-2-6-15(12)20-13/h1-7,10,20H,8-9,11H2,(H,19,21). The average Bonchev–Trinajstić information content (AvgIpc) is 3.02. The SMILES string of the molecule is O=C(NCc1cc2ccccc2[nH]1)c1cccc2c1OCCO2. The summed E-state index contributed by atoms with van der Waals surface area (Å²) in [5, 5.41) is 4.05. The monoisotopic (exact) mass is 308 g/mol. The van der Waals surface area contributed by atoms with E-state index in [9.17, 15) is 4.79 Å². The number of aromatic amines is 1. The summed E-state index contributed by atoms with van der Waals surface area (Å²) in [4.78, 5) is 15.7. The zero-order valence-electron chi connectivity index (χ0n) is 12.5. The Labute approximate surface area is 133 Å². The predicted molar refractivity (Wildman–Crippen MR) is 86.9 cm³/mol. The highest BCUT2D eigenvalue weighted by Gasteiger charge is 2.20. The molecule has 1 aromatic heterocycles. The molecule has 2 N–H and O–H groups in total. The summed E-state index contributed by atoms with van der Waals surface area (Å²) in [7, 11) is 0. The number of hydrogen-bond acceptors (Lipinski definition) is 3. The molecule has 0 atom stereocenters. The largest absolute Gasteiger partial charge is 0.486 e. The maximum Gasteiger partial charge on any atom is 0.255 e. The Kier molecular flexibility index (Phi) is 3.38. The van der Waals surface area contributed by atoms with Crippen LogP contribution in [0.2, 0.25) is 0 Å². The molecule has 5 heteroatoms. The molecule has 23 heavy (non-hydrogen) atoms. The van der Waals surface area contributed by atoms with E-state index in [0.29, 0.717) is 36.8 Å². The first-order chi connectivity index (χ1) is 11.3. The van der Waals surface area contributed by atoms with Crippen LogP contribution in [-0.2, 0) is 6.54 Å². The number of para-hydroxylation sites is 2. The summed E-state index contributed by atoms with van der Waals surface area (Å²) in [6, 6.07) is 15.4. The molecule has 2 heterocycles. The Morgan fingerprint density at radius 3 is 2.87 bits per heavy atom. The third-order valence-electron chi connectivity index (χ3n) is 3.84. The lowest BCUT2D eigenvalue weighted by Gasteiger charge is -2.20. The number of H-pyrrole nitrogens is 1. The third kappa shape index (κ3) is 2.61. The highest BCUT2D eigenvalue weighted by molar-refractivity contribution is 5.97. The van der Waals surface area contributed by atoms with Crippen molar-refractivity contribution in [2.24, 2.45) is 0 Å². The van der Waals surface area contributed by atoms with Crippen molar-refractivity contribution in [2.45, 2.75) is 6.54 Å². The van der Waals surface area contributed by atoms with Gasteiger partial charge in [-0.15, -0.1) is 0 Å². The predicted octanol–water partition coefficient (Wildman–Crippen LogP) is 2.87. The van der Waals surface area contributed by atoms with Gasteiger partial charge in [0.1, 0.15) is 13.2 Å². The Bertz CT molecular complexity index is 837. The lowest BCUT2D eigenvalue weighted by molar-refractivity contribution is 0.0939. The molecule has 0 radical (unpaired) electrons. The van der Waals surface area contributed by atoms with Crippen molar-refractivity contribution < 1.29 is 14.3 Å². The number of benzene rings is 2. The molecular formula is C18H16N2O3. The molecule has 2 aromatic carbocycles. The fourth-order valence-corrected chi connectivity index (χ4v) is 2.75. The molecule has 4 rings (SSSR count). The molecular weight excluding hydrogens is 292 g/mol. The Morgan fingerprint density at radius 2 is 1.96 bits per heavy atom. The minimum absolute atomic E-state index is 0.175. The van der Waals surface area contributed by atoms with Crippen LogP contribution in [-0.4, -0.2) is 24.1 Å². The number of rotatable bonds is 3. The molecule has 0 fully saturated rings. The quantitative estimate of drug-likeness (QED) is 0.782. The molecule has 116 valence electrons. The van der Waals surface area contributed by atoms with Crippen LogP contribution in [0.1, 0.15) is 16.1 Å². The van der Waals surface area contributed by atoms with Gasteiger partial charge >= 0.3 is 0 Å². The number of amides is 1. The van der Waals surface area contributed by atoms with Gasteiger partial charge in [0.2, 0.25) is 0 Å². The second-order valence-corrected chi connectivity index (χ2v) is 5.39. The van der Waals surface area contributed by atoms with Crippen molar-refractivity contribution >= 4 is 16.8 Å². The first-order valence-electron chi connectivity index (χ1n) is 7.55. The first kappa shape index (κ1) is 13.7. The van der Waals surface area contributed by atoms with E-state index in [1.807, 2.05) is 36.4 Å². The van der Waals surface area contributed by atoms with Crippen LogP contribution in [0, 0.1) is 0 Å². The van der Waals surface area contributed by atoms with Gasteiger partial charge in [0, 0.05) is 11.2 Å². The van der Waals surface area contributed by atoms with Crippen molar-refractivity contribution in [1.29, 1.82) is 0 Å². The van der Waals surface area contributed by atoms with E-state index in [2.05, 4.69) is 10.3 Å². The van der Waals surface area contributed by atoms with Crippen LogP contribution in [0.25, 0.3) is 10.9 Å². The van der Waals surface area contributed by atoms with Crippen molar-refractivity contribution in [1.82, 2.24) is 10.3 Å². The first-order valence-corrected chi connectivity index (χ1v) is 7.55. The Hall–Kier alpha value is -2.95. The van der Waals surface area contributed by atoms with E-state index >= 15 is 0 Å². The highest BCUT2D eigenvalue weighted by Crippen LogP contribution is 2.33. The number of nitrogens with one attached hydrogen (secondary N) is 2. The van der Waals surface area contributed by atoms with E-state index < -0.39 is 0 Å². The van der Waals surface area contributed by atoms with Crippen molar-refractivity contribution in [3.63, 3.8) is 0 Å². The molecule has 0 aliphatic carbocycles. The number of carbonyl (C=O) groups is 1. The summed E-state index contributed by atoms with van der Waals surface area (Å²) >= 11 is 0. The summed E-state index contributed by atoms with van der Waals surface area (Å²) in [5.74, 6) is 0.966. The normalized spacial score (nSPS) is 13.0. The van der Waals surface area contributed by atoms with Crippen LogP contribution in [0.5, 0.6) is 11.5 Å². The van der Waals surface area contributed by atoms with Crippen molar-refractivity contribution in [3.05, 3.63) is 59.8 Å². The van der Waals surface area contributed by atoms with Crippen molar-refractivity contribution in [3.8, 4) is 11.5 Å². The molecule has 1 aliphatic rings. The van der Waals surface area contributed by atoms with Gasteiger partial charge in [0.05, 0.1) is 12.1 Å². The van der Waals surface area contributed by atoms with Gasteiger partial charge in [-0.2, -0.15) is 0 Å². The highest BCUT2D eigenvalue weighted by atomic mass is 16.6. The van der Waals surface area contributed by atoms with E-state index in [0.717, 1.165) is 16.6 Å². The summed E-state index contributed by atoms with van der Waals surface area (Å²) in [6.45, 7) is 1.39. The van der Waals surface area contributed by atoms with Crippen LogP contribution < -0.4 is 14.8 Å². The fraction of sp³-hybridized carbons (Fsp3) is 0.167. The minimum atomic E-state index is -0.175. The fourth-order valence-electron chi connectivity index (χ4n) is 2.75. The molecule has 1 amide bonds. The zero-order valence-corrected chi connectivity index (χ0v) is 12.5. The lowest BCUT2D eigenvalue weighted by Crippen LogP contribution is -2.25. The van der Waals surface area contributed by atoms with Gasteiger partial charge in [-0.05, 0) is 29.7 Å². The van der Waals surface area contributed by atoms with Gasteiger partial charge < -0.3 is 19.8 Å². The van der Waals surface area contributed by atoms with E-state index in [1.54, 1.807) is 12.1 Å². The van der Waals surface area contributed by atoms with Crippen LogP contribution >= 0.6 is 0 Å². The van der Waals surface area contributed by atoms with Gasteiger partial charge in [-0.3, -0.25) is 4.79 Å². The molecule has 1 aliphatic heterocycles. The maximum absolute atomic E-state index is 12.4. The van der Waals surface area contributed by atoms with E-state index in [4.69, 9.17) is 9.47 Å². The van der Waals surface area contributed by atoms with Gasteiger partial charge in [-0.25, -0.2) is 0 Å². The number of hydrogen-bond donors (Lipinski definition) is 2. The smallest absolute Gasteiger partial charge is 0.255 e. The third-order valence-corrected chi connectivity index (χ3v) is 3.84. The average molecular weight is 308 g/mol. The topological polar surface area (TPSA) is 63.4 Å². The molecule has 0 spiro atoms. The number of ether oxygens (including phenoxy) is 2. The van der Waals surface area contributed by atoms with Crippen LogP contribution in [0.3, 0.4) is 0 Å². The summed E-state index contributed by atoms with van der Waals surface area (Å²) < 4.78 is 11.1. The number of aromatic nitrogens is 1. The number of fused-ring (bicyclic) bond motifs is 2. The van der Waals surface area contributed by atoms with E-state index in [1.165, 1.54) is 0 Å². The lowest BCUT2D eigenvalue weighted by atomic mass is 10.1. The molecule has 0 bridgehead atoms. The van der Waals surface area contributed by atoms with Gasteiger partial charge in [0.15, 0.2) is 11.5 Å². The second kappa shape index (κ2) is 5.68. The van der Waals surface area contributed by atoms with Gasteiger partial charge in [-0.1, -0.05) is 24.3 Å². The summed E-state index contributed by atoms with van der Waals surface area (Å²) in [5.41, 5.74) is 2.52. The molecule has 0 unspecified atom stereocenters. The van der Waals surface area contributed by atoms with Crippen LogP contribution in [0.15, 0.2) is 48.5 Å². The van der Waals surface area contributed by atoms with E-state index in [-0.39, 0.29) is 5.91 Å². The second-order valence-electron chi connectivity index (χ2n) is 5.39. The minimum Gasteiger partial charge on any atom is -0.486 e. The molecule has 0 saturated carbocycles. The molecule has 0 saturated heterocycles. The zero-order chi connectivity index (χ0) is 15.6. The van der Waals surface area contributed by atoms with Crippen molar-refractivity contribution in [2.75, 3.05) is 13.2 Å². The Balaban J connectivity index is 1.52.